The van der Waals surface area contributed by atoms with Crippen molar-refractivity contribution in [1.82, 2.24) is 36.4 Å². The number of halogens is 1. The number of hydrogen-bond donors (Lipinski definition) is 6. The van der Waals surface area contributed by atoms with E-state index in [2.05, 4.69) is 46.9 Å². The highest BCUT2D eigenvalue weighted by molar-refractivity contribution is 9.10. The molecule has 0 atom stereocenters. The number of benzene rings is 3. The van der Waals surface area contributed by atoms with Crippen molar-refractivity contribution < 1.29 is 33.7 Å². The van der Waals surface area contributed by atoms with Gasteiger partial charge in [-0.15, -0.1) is 0 Å². The van der Waals surface area contributed by atoms with Crippen LogP contribution in [0.2, 0.25) is 0 Å². The van der Waals surface area contributed by atoms with Gasteiger partial charge in [-0.05, 0) is 61.0 Å². The lowest BCUT2D eigenvalue weighted by atomic mass is 10.0. The molecule has 2 aromatic heterocycles. The van der Waals surface area contributed by atoms with E-state index in [1.165, 1.54) is 18.5 Å². The molecular weight excluding hydrogens is 688 g/mol. The second-order valence-corrected chi connectivity index (χ2v) is 10.6. The smallest absolute Gasteiger partial charge is 0.289 e. The SMILES string of the molecule is COc1ccc(-c2cn[nH]c2-c2ccc(OCC(=O)NN)cc2O)cc1OC.Cc1cnc(C(=O)NNC(=O)c2ccc(Br)cc2)cn1. The molecule has 248 valence electrons. The average Bonchev–Trinajstić information content (AvgIpc) is 3.59. The van der Waals surface area contributed by atoms with Crippen LogP contribution in [0.5, 0.6) is 23.0 Å². The van der Waals surface area contributed by atoms with Crippen LogP contribution in [0.1, 0.15) is 26.5 Å². The van der Waals surface area contributed by atoms with Crippen LogP contribution in [-0.2, 0) is 4.79 Å². The van der Waals surface area contributed by atoms with Gasteiger partial charge >= 0.3 is 0 Å². The monoisotopic (exact) mass is 718 g/mol. The van der Waals surface area contributed by atoms with Crippen molar-refractivity contribution in [1.29, 1.82) is 0 Å². The topological polar surface area (TPSA) is 216 Å². The second kappa shape index (κ2) is 16.5. The number of carbonyl (C=O) groups excluding carboxylic acids is 3. The Bertz CT molecular complexity index is 1830. The van der Waals surface area contributed by atoms with Gasteiger partial charge < -0.3 is 19.3 Å². The van der Waals surface area contributed by atoms with E-state index in [0.717, 1.165) is 15.6 Å². The number of hydrogen-bond acceptors (Lipinski definition) is 11. The fourth-order valence-electron chi connectivity index (χ4n) is 4.08. The first kappa shape index (κ1) is 34.9. The zero-order chi connectivity index (χ0) is 34.6. The van der Waals surface area contributed by atoms with Crippen molar-refractivity contribution in [2.45, 2.75) is 6.92 Å². The zero-order valence-electron chi connectivity index (χ0n) is 25.9. The number of amides is 3. The van der Waals surface area contributed by atoms with Gasteiger partial charge in [0.1, 0.15) is 17.2 Å². The van der Waals surface area contributed by atoms with Gasteiger partial charge in [0.25, 0.3) is 17.7 Å². The van der Waals surface area contributed by atoms with Gasteiger partial charge in [-0.1, -0.05) is 22.0 Å². The minimum Gasteiger partial charge on any atom is -0.507 e. The number of aromatic amines is 1. The summed E-state index contributed by atoms with van der Waals surface area (Å²) >= 11 is 3.28. The Morgan fingerprint density at radius 1 is 0.875 bits per heavy atom. The Labute approximate surface area is 282 Å². The molecule has 15 nitrogen and oxygen atoms in total. The standard InChI is InChI=1S/C19H20N4O5.C13H11BrN4O2/c1-26-16-6-3-11(7-17(16)27-2)14-9-21-23-19(14)13-5-4-12(8-15(13)24)28-10-18(25)22-20;1-8-6-16-11(7-15-8)13(20)18-17-12(19)9-2-4-10(14)5-3-9/h3-9,24H,10,20H2,1-2H3,(H,21,23)(H,22,25);2-7H,1H3,(H,17,19)(H,18,20). The van der Waals surface area contributed by atoms with Gasteiger partial charge in [0.15, 0.2) is 18.1 Å². The molecule has 0 bridgehead atoms. The van der Waals surface area contributed by atoms with Gasteiger partial charge in [0.05, 0.1) is 38.0 Å². The number of nitrogens with one attached hydrogen (secondary N) is 4. The number of nitrogens with two attached hydrogens (primary N) is 1. The molecular formula is C32H31BrN8O7. The molecule has 3 amide bonds. The lowest BCUT2D eigenvalue weighted by molar-refractivity contribution is -0.123. The number of aryl methyl sites for hydroxylation is 1. The third kappa shape index (κ3) is 9.05. The Morgan fingerprint density at radius 3 is 2.25 bits per heavy atom. The molecule has 0 fully saturated rings. The summed E-state index contributed by atoms with van der Waals surface area (Å²) in [5.41, 5.74) is 10.6. The highest BCUT2D eigenvalue weighted by Crippen LogP contribution is 2.39. The molecule has 5 aromatic rings. The van der Waals surface area contributed by atoms with E-state index in [4.69, 9.17) is 20.1 Å². The van der Waals surface area contributed by atoms with Gasteiger partial charge in [-0.2, -0.15) is 5.10 Å². The normalized spacial score (nSPS) is 10.2. The summed E-state index contributed by atoms with van der Waals surface area (Å²) < 4.78 is 16.8. The highest BCUT2D eigenvalue weighted by Gasteiger charge is 2.16. The van der Waals surface area contributed by atoms with Crippen molar-refractivity contribution in [3.05, 3.63) is 101 Å². The van der Waals surface area contributed by atoms with Gasteiger partial charge in [-0.25, -0.2) is 10.8 Å². The van der Waals surface area contributed by atoms with Crippen molar-refractivity contribution in [2.24, 2.45) is 5.84 Å². The van der Waals surface area contributed by atoms with Gasteiger partial charge in [-0.3, -0.25) is 40.7 Å². The minimum atomic E-state index is -0.525. The maximum Gasteiger partial charge on any atom is 0.289 e. The van der Waals surface area contributed by atoms with Crippen molar-refractivity contribution in [3.8, 4) is 45.4 Å². The predicted molar refractivity (Wildman–Crippen MR) is 178 cm³/mol. The number of phenols is 1. The molecule has 5 rings (SSSR count). The Balaban J connectivity index is 0.000000229. The summed E-state index contributed by atoms with van der Waals surface area (Å²) in [5.74, 6) is 5.09. The summed E-state index contributed by atoms with van der Waals surface area (Å²) in [6.07, 6.45) is 4.48. The lowest BCUT2D eigenvalue weighted by Crippen LogP contribution is -2.42. The van der Waals surface area contributed by atoms with Gasteiger partial charge in [0, 0.05) is 33.4 Å². The van der Waals surface area contributed by atoms with E-state index in [9.17, 15) is 19.5 Å². The predicted octanol–water partition coefficient (Wildman–Crippen LogP) is 3.46. The molecule has 48 heavy (non-hydrogen) atoms. The number of carbonyl (C=O) groups is 3. The maximum absolute atomic E-state index is 11.8. The molecule has 0 aliphatic rings. The number of nitrogens with zero attached hydrogens (tertiary/aromatic N) is 3. The molecule has 3 aromatic carbocycles. The molecule has 2 heterocycles. The van der Waals surface area contributed by atoms with E-state index in [1.807, 2.05) is 17.6 Å². The second-order valence-electron chi connectivity index (χ2n) is 9.72. The van der Waals surface area contributed by atoms with E-state index >= 15 is 0 Å². The van der Waals surface area contributed by atoms with E-state index in [0.29, 0.717) is 39.8 Å². The molecule has 16 heteroatoms. The maximum atomic E-state index is 11.8. The van der Waals surface area contributed by atoms with Crippen LogP contribution >= 0.6 is 15.9 Å². The van der Waals surface area contributed by atoms with Crippen LogP contribution in [0.4, 0.5) is 0 Å². The van der Waals surface area contributed by atoms with E-state index in [1.54, 1.807) is 69.8 Å². The molecule has 0 saturated carbocycles. The Morgan fingerprint density at radius 2 is 1.60 bits per heavy atom. The molecule has 0 radical (unpaired) electrons. The van der Waals surface area contributed by atoms with E-state index in [-0.39, 0.29) is 18.1 Å². The van der Waals surface area contributed by atoms with Crippen molar-refractivity contribution in [3.63, 3.8) is 0 Å². The fourth-order valence-corrected chi connectivity index (χ4v) is 4.34. The van der Waals surface area contributed by atoms with Crippen LogP contribution < -0.4 is 36.3 Å². The molecule has 0 spiro atoms. The lowest BCUT2D eigenvalue weighted by Gasteiger charge is -2.11. The Hall–Kier alpha value is -6.00. The molecule has 0 aliphatic carbocycles. The third-order valence-corrected chi connectivity index (χ3v) is 7.04. The summed E-state index contributed by atoms with van der Waals surface area (Å²) in [6.45, 7) is 1.51. The first-order chi connectivity index (χ1) is 23.1. The first-order valence-corrected chi connectivity index (χ1v) is 14.8. The van der Waals surface area contributed by atoms with Crippen LogP contribution in [-0.4, -0.2) is 63.8 Å². The largest absolute Gasteiger partial charge is 0.507 e. The summed E-state index contributed by atoms with van der Waals surface area (Å²) in [4.78, 5) is 42.5. The van der Waals surface area contributed by atoms with Gasteiger partial charge in [0.2, 0.25) is 0 Å². The number of H-pyrrole nitrogens is 1. The van der Waals surface area contributed by atoms with E-state index < -0.39 is 17.7 Å². The quantitative estimate of drug-likeness (QED) is 0.0737. The average molecular weight is 720 g/mol. The van der Waals surface area contributed by atoms with Crippen LogP contribution in [0.15, 0.2) is 83.7 Å². The first-order valence-electron chi connectivity index (χ1n) is 14.0. The summed E-state index contributed by atoms with van der Waals surface area (Å²) in [7, 11) is 3.13. The third-order valence-electron chi connectivity index (χ3n) is 6.51. The number of phenolic OH excluding ortho intramolecular Hbond substituents is 1. The molecule has 7 N–H and O–H groups in total. The molecule has 0 saturated heterocycles. The fraction of sp³-hybridized carbons (Fsp3) is 0.125. The molecule has 0 aliphatic heterocycles. The number of ether oxygens (including phenoxy) is 3. The van der Waals surface area contributed by atoms with Crippen molar-refractivity contribution in [2.75, 3.05) is 20.8 Å². The molecule has 0 unspecified atom stereocenters. The highest BCUT2D eigenvalue weighted by atomic mass is 79.9. The summed E-state index contributed by atoms with van der Waals surface area (Å²) in [5, 5.41) is 17.4. The van der Waals surface area contributed by atoms with Crippen molar-refractivity contribution >= 4 is 33.7 Å². The summed E-state index contributed by atoms with van der Waals surface area (Å²) in [6, 6.07) is 17.0. The number of aromatic hydroxyl groups is 1. The minimum absolute atomic E-state index is 0.0309. The van der Waals surface area contributed by atoms with Crippen LogP contribution in [0.3, 0.4) is 0 Å². The zero-order valence-corrected chi connectivity index (χ0v) is 27.5. The number of hydrazine groups is 2. The van der Waals surface area contributed by atoms with Crippen LogP contribution in [0.25, 0.3) is 22.4 Å². The Kier molecular flexibility index (Phi) is 12.0. The number of aromatic nitrogens is 4. The number of methoxy groups -OCH3 is 2. The van der Waals surface area contributed by atoms with Crippen LogP contribution in [0, 0.1) is 6.92 Å². The number of rotatable bonds is 9.